The van der Waals surface area contributed by atoms with Gasteiger partial charge in [-0.2, -0.15) is 5.10 Å². The molecule has 0 aromatic carbocycles. The first-order valence-electron chi connectivity index (χ1n) is 5.07. The summed E-state index contributed by atoms with van der Waals surface area (Å²) in [6.45, 7) is 4.09. The number of ketones is 1. The standard InChI is InChI=1S/C11H12BrN3O/c1-7(2)11(16)6-15-10-3-8(12)4-13-9(10)5-14-15/h3-5,7H,6H2,1-2H3. The highest BCUT2D eigenvalue weighted by atomic mass is 79.9. The topological polar surface area (TPSA) is 47.8 Å². The van der Waals surface area contributed by atoms with Crippen LogP contribution in [0.1, 0.15) is 13.8 Å². The van der Waals surface area contributed by atoms with Crippen LogP contribution in [0.25, 0.3) is 11.0 Å². The summed E-state index contributed by atoms with van der Waals surface area (Å²) in [7, 11) is 0. The van der Waals surface area contributed by atoms with Crippen molar-refractivity contribution in [2.24, 2.45) is 5.92 Å². The third kappa shape index (κ3) is 2.14. The average molecular weight is 282 g/mol. The molecule has 0 atom stereocenters. The summed E-state index contributed by atoms with van der Waals surface area (Å²) in [5.41, 5.74) is 1.68. The van der Waals surface area contributed by atoms with Crippen molar-refractivity contribution < 1.29 is 4.79 Å². The molecule has 84 valence electrons. The highest BCUT2D eigenvalue weighted by Crippen LogP contribution is 2.17. The summed E-state index contributed by atoms with van der Waals surface area (Å²) in [5, 5.41) is 4.17. The molecule has 0 bridgehead atoms. The van der Waals surface area contributed by atoms with Gasteiger partial charge in [0.25, 0.3) is 0 Å². The van der Waals surface area contributed by atoms with E-state index in [-0.39, 0.29) is 11.7 Å². The molecule has 2 aromatic heterocycles. The van der Waals surface area contributed by atoms with Crippen LogP contribution in [0.5, 0.6) is 0 Å². The lowest BCUT2D eigenvalue weighted by Gasteiger charge is -2.05. The maximum Gasteiger partial charge on any atom is 0.156 e. The molecule has 0 saturated heterocycles. The maximum atomic E-state index is 11.6. The first-order valence-corrected chi connectivity index (χ1v) is 5.87. The molecule has 0 spiro atoms. The Kier molecular flexibility index (Phi) is 3.05. The number of nitrogens with zero attached hydrogens (tertiary/aromatic N) is 3. The van der Waals surface area contributed by atoms with Gasteiger partial charge in [0.05, 0.1) is 11.7 Å². The molecule has 0 aliphatic heterocycles. The zero-order chi connectivity index (χ0) is 11.7. The molecule has 0 amide bonds. The lowest BCUT2D eigenvalue weighted by atomic mass is 10.1. The number of hydrogen-bond acceptors (Lipinski definition) is 3. The molecule has 5 heteroatoms. The van der Waals surface area contributed by atoms with Crippen LogP contribution in [0.4, 0.5) is 0 Å². The Morgan fingerprint density at radius 3 is 2.94 bits per heavy atom. The van der Waals surface area contributed by atoms with Crippen molar-refractivity contribution >= 4 is 32.7 Å². The van der Waals surface area contributed by atoms with Gasteiger partial charge in [-0.15, -0.1) is 0 Å². The highest BCUT2D eigenvalue weighted by molar-refractivity contribution is 9.10. The van der Waals surface area contributed by atoms with E-state index in [0.29, 0.717) is 6.54 Å². The van der Waals surface area contributed by atoms with E-state index in [1.807, 2.05) is 19.9 Å². The minimum Gasteiger partial charge on any atom is -0.297 e. The van der Waals surface area contributed by atoms with Crippen LogP contribution in [0.3, 0.4) is 0 Å². The molecular weight excluding hydrogens is 270 g/mol. The lowest BCUT2D eigenvalue weighted by Crippen LogP contribution is -2.16. The zero-order valence-corrected chi connectivity index (χ0v) is 10.7. The van der Waals surface area contributed by atoms with E-state index in [2.05, 4.69) is 26.0 Å². The van der Waals surface area contributed by atoms with Crippen LogP contribution < -0.4 is 0 Å². The number of halogens is 1. The van der Waals surface area contributed by atoms with Crippen LogP contribution in [-0.4, -0.2) is 20.5 Å². The largest absolute Gasteiger partial charge is 0.297 e. The van der Waals surface area contributed by atoms with Gasteiger partial charge in [0.2, 0.25) is 0 Å². The second-order valence-corrected chi connectivity index (χ2v) is 4.90. The molecule has 0 unspecified atom stereocenters. The van der Waals surface area contributed by atoms with Gasteiger partial charge < -0.3 is 0 Å². The van der Waals surface area contributed by atoms with E-state index in [1.54, 1.807) is 17.1 Å². The molecule has 0 fully saturated rings. The fourth-order valence-electron chi connectivity index (χ4n) is 1.39. The van der Waals surface area contributed by atoms with Crippen molar-refractivity contribution in [2.45, 2.75) is 20.4 Å². The molecule has 0 radical (unpaired) electrons. The van der Waals surface area contributed by atoms with Crippen molar-refractivity contribution in [1.82, 2.24) is 14.8 Å². The quantitative estimate of drug-likeness (QED) is 0.868. The Labute approximate surface area is 102 Å². The molecular formula is C11H12BrN3O. The average Bonchev–Trinajstić information content (AvgIpc) is 2.61. The van der Waals surface area contributed by atoms with E-state index in [4.69, 9.17) is 0 Å². The molecule has 16 heavy (non-hydrogen) atoms. The van der Waals surface area contributed by atoms with Gasteiger partial charge in [0.1, 0.15) is 12.1 Å². The number of Topliss-reactive ketones (excluding diaryl/α,β-unsaturated/α-hetero) is 1. The minimum absolute atomic E-state index is 0.0272. The van der Waals surface area contributed by atoms with Crippen LogP contribution in [-0.2, 0) is 11.3 Å². The van der Waals surface area contributed by atoms with Crippen LogP contribution >= 0.6 is 15.9 Å². The van der Waals surface area contributed by atoms with E-state index in [9.17, 15) is 4.79 Å². The number of hydrogen-bond donors (Lipinski definition) is 0. The minimum atomic E-state index is 0.0272. The number of fused-ring (bicyclic) bond motifs is 1. The van der Waals surface area contributed by atoms with Gasteiger partial charge in [-0.25, -0.2) is 0 Å². The zero-order valence-electron chi connectivity index (χ0n) is 9.14. The van der Waals surface area contributed by atoms with E-state index < -0.39 is 0 Å². The lowest BCUT2D eigenvalue weighted by molar-refractivity contribution is -0.122. The predicted molar refractivity (Wildman–Crippen MR) is 65.1 cm³/mol. The van der Waals surface area contributed by atoms with Gasteiger partial charge in [-0.3, -0.25) is 14.5 Å². The number of carbonyl (C=O) groups excluding carboxylic acids is 1. The summed E-state index contributed by atoms with van der Waals surface area (Å²) in [6, 6.07) is 1.92. The predicted octanol–water partition coefficient (Wildman–Crippen LogP) is 2.42. The Morgan fingerprint density at radius 2 is 2.25 bits per heavy atom. The van der Waals surface area contributed by atoms with Gasteiger partial charge in [-0.05, 0) is 22.0 Å². The SMILES string of the molecule is CC(C)C(=O)Cn1ncc2ncc(Br)cc21. The van der Waals surface area contributed by atoms with Crippen molar-refractivity contribution in [3.8, 4) is 0 Å². The second kappa shape index (κ2) is 4.33. The molecule has 2 heterocycles. The maximum absolute atomic E-state index is 11.6. The first-order chi connectivity index (χ1) is 7.58. The van der Waals surface area contributed by atoms with E-state index >= 15 is 0 Å². The van der Waals surface area contributed by atoms with Crippen molar-refractivity contribution in [2.75, 3.05) is 0 Å². The van der Waals surface area contributed by atoms with Gasteiger partial charge >= 0.3 is 0 Å². The van der Waals surface area contributed by atoms with Gasteiger partial charge in [0, 0.05) is 16.6 Å². The smallest absolute Gasteiger partial charge is 0.156 e. The van der Waals surface area contributed by atoms with Crippen LogP contribution in [0, 0.1) is 5.92 Å². The molecule has 2 rings (SSSR count). The summed E-state index contributed by atoms with van der Waals surface area (Å²) < 4.78 is 2.58. The summed E-state index contributed by atoms with van der Waals surface area (Å²) in [4.78, 5) is 15.9. The normalized spacial score (nSPS) is 11.2. The van der Waals surface area contributed by atoms with Crippen LogP contribution in [0.15, 0.2) is 22.9 Å². The fourth-order valence-corrected chi connectivity index (χ4v) is 1.71. The number of pyridine rings is 1. The highest BCUT2D eigenvalue weighted by Gasteiger charge is 2.11. The molecule has 2 aromatic rings. The van der Waals surface area contributed by atoms with Crippen LogP contribution in [0.2, 0.25) is 0 Å². The summed E-state index contributed by atoms with van der Waals surface area (Å²) in [5.74, 6) is 0.198. The summed E-state index contributed by atoms with van der Waals surface area (Å²) >= 11 is 3.36. The van der Waals surface area contributed by atoms with Gasteiger partial charge in [0.15, 0.2) is 5.78 Å². The third-order valence-corrected chi connectivity index (χ3v) is 2.84. The first kappa shape index (κ1) is 11.3. The number of carbonyl (C=O) groups is 1. The molecule has 0 saturated carbocycles. The Bertz CT molecular complexity index is 533. The van der Waals surface area contributed by atoms with E-state index in [0.717, 1.165) is 15.5 Å². The number of rotatable bonds is 3. The van der Waals surface area contributed by atoms with Crippen molar-refractivity contribution in [3.05, 3.63) is 22.9 Å². The third-order valence-electron chi connectivity index (χ3n) is 2.41. The number of aromatic nitrogens is 3. The van der Waals surface area contributed by atoms with Gasteiger partial charge in [-0.1, -0.05) is 13.8 Å². The monoisotopic (exact) mass is 281 g/mol. The molecule has 0 N–H and O–H groups in total. The second-order valence-electron chi connectivity index (χ2n) is 3.98. The Balaban J connectivity index is 2.38. The Hall–Kier alpha value is -1.23. The molecule has 0 aliphatic rings. The van der Waals surface area contributed by atoms with Crippen molar-refractivity contribution in [1.29, 1.82) is 0 Å². The Morgan fingerprint density at radius 1 is 1.50 bits per heavy atom. The van der Waals surface area contributed by atoms with Crippen molar-refractivity contribution in [3.63, 3.8) is 0 Å². The summed E-state index contributed by atoms with van der Waals surface area (Å²) in [6.07, 6.45) is 3.40. The fraction of sp³-hybridized carbons (Fsp3) is 0.364. The molecule has 0 aliphatic carbocycles. The van der Waals surface area contributed by atoms with E-state index in [1.165, 1.54) is 0 Å². The molecule has 4 nitrogen and oxygen atoms in total.